The van der Waals surface area contributed by atoms with Gasteiger partial charge in [-0.3, -0.25) is 0 Å². The second-order valence-electron chi connectivity index (χ2n) is 4.40. The van der Waals surface area contributed by atoms with Crippen molar-refractivity contribution in [2.45, 2.75) is 23.8 Å². The molecule has 0 spiro atoms. The summed E-state index contributed by atoms with van der Waals surface area (Å²) < 4.78 is 7.16. The quantitative estimate of drug-likeness (QED) is 0.675. The number of rotatable bonds is 5. The lowest BCUT2D eigenvalue weighted by molar-refractivity contribution is 0.392. The third kappa shape index (κ3) is 2.94. The Bertz CT molecular complexity index is 760. The van der Waals surface area contributed by atoms with Crippen LogP contribution in [0.4, 0.5) is 0 Å². The molecule has 2 aromatic heterocycles. The minimum atomic E-state index is 0.531. The number of ether oxygens (including phenoxy) is 1. The molecule has 1 aromatic carbocycles. The van der Waals surface area contributed by atoms with E-state index in [2.05, 4.69) is 27.1 Å². The first-order valence-electron chi connectivity index (χ1n) is 6.85. The molecule has 7 heteroatoms. The third-order valence-electron chi connectivity index (χ3n) is 3.06. The molecule has 0 bridgehead atoms. The lowest BCUT2D eigenvalue weighted by Gasteiger charge is -2.06. The van der Waals surface area contributed by atoms with Crippen molar-refractivity contribution in [3.63, 3.8) is 0 Å². The minimum absolute atomic E-state index is 0.531. The van der Waals surface area contributed by atoms with Crippen LogP contribution in [-0.4, -0.2) is 31.8 Å². The van der Waals surface area contributed by atoms with Crippen LogP contribution in [0.5, 0.6) is 5.88 Å². The zero-order valence-corrected chi connectivity index (χ0v) is 13.1. The molecule has 0 radical (unpaired) electrons. The van der Waals surface area contributed by atoms with Crippen molar-refractivity contribution >= 4 is 11.8 Å². The molecule has 0 atom stereocenters. The van der Waals surface area contributed by atoms with Crippen molar-refractivity contribution in [1.29, 1.82) is 0 Å². The van der Waals surface area contributed by atoms with Crippen LogP contribution < -0.4 is 4.74 Å². The second kappa shape index (κ2) is 6.57. The summed E-state index contributed by atoms with van der Waals surface area (Å²) >= 11 is 1.37. The van der Waals surface area contributed by atoms with Crippen LogP contribution in [0.3, 0.4) is 0 Å². The van der Waals surface area contributed by atoms with Crippen LogP contribution in [0.25, 0.3) is 11.4 Å². The van der Waals surface area contributed by atoms with E-state index in [0.29, 0.717) is 11.0 Å². The average molecular weight is 313 g/mol. The van der Waals surface area contributed by atoms with E-state index in [1.54, 1.807) is 19.4 Å². The second-order valence-corrected chi connectivity index (χ2v) is 5.33. The number of hydrogen-bond acceptors (Lipinski definition) is 6. The maximum Gasteiger partial charge on any atom is 0.217 e. The highest BCUT2D eigenvalue weighted by molar-refractivity contribution is 7.99. The average Bonchev–Trinajstić information content (AvgIpc) is 2.98. The predicted octanol–water partition coefficient (Wildman–Crippen LogP) is 2.91. The van der Waals surface area contributed by atoms with Crippen molar-refractivity contribution < 1.29 is 4.74 Å². The number of hydrogen-bond donors (Lipinski definition) is 0. The Morgan fingerprint density at radius 2 is 1.95 bits per heavy atom. The monoisotopic (exact) mass is 313 g/mol. The topological polar surface area (TPSA) is 65.7 Å². The Morgan fingerprint density at radius 1 is 1.14 bits per heavy atom. The van der Waals surface area contributed by atoms with Crippen molar-refractivity contribution in [2.75, 3.05) is 7.11 Å². The van der Waals surface area contributed by atoms with Crippen LogP contribution in [-0.2, 0) is 6.54 Å². The Labute approximate surface area is 132 Å². The first-order chi connectivity index (χ1) is 10.8. The predicted molar refractivity (Wildman–Crippen MR) is 83.8 cm³/mol. The summed E-state index contributed by atoms with van der Waals surface area (Å²) in [4.78, 5) is 8.52. The fourth-order valence-electron chi connectivity index (χ4n) is 2.02. The van der Waals surface area contributed by atoms with Crippen LogP contribution in [0.1, 0.15) is 6.92 Å². The molecule has 2 heterocycles. The zero-order chi connectivity index (χ0) is 15.4. The van der Waals surface area contributed by atoms with Crippen LogP contribution in [0.2, 0.25) is 0 Å². The van der Waals surface area contributed by atoms with Crippen LogP contribution >= 0.6 is 11.8 Å². The smallest absolute Gasteiger partial charge is 0.217 e. The molecule has 0 amide bonds. The summed E-state index contributed by atoms with van der Waals surface area (Å²) in [6.45, 7) is 2.83. The van der Waals surface area contributed by atoms with Gasteiger partial charge in [0, 0.05) is 24.4 Å². The molecule has 3 aromatic rings. The van der Waals surface area contributed by atoms with Crippen molar-refractivity contribution in [1.82, 2.24) is 24.7 Å². The fraction of sp³-hybridized carbons (Fsp3) is 0.200. The van der Waals surface area contributed by atoms with Gasteiger partial charge in [0.25, 0.3) is 0 Å². The lowest BCUT2D eigenvalue weighted by atomic mass is 10.2. The van der Waals surface area contributed by atoms with Gasteiger partial charge in [-0.2, -0.15) is 4.98 Å². The van der Waals surface area contributed by atoms with Crippen molar-refractivity contribution in [2.24, 2.45) is 0 Å². The van der Waals surface area contributed by atoms with E-state index in [1.807, 2.05) is 34.9 Å². The van der Waals surface area contributed by atoms with E-state index in [4.69, 9.17) is 4.74 Å². The molecule has 6 nitrogen and oxygen atoms in total. The van der Waals surface area contributed by atoms with Gasteiger partial charge >= 0.3 is 0 Å². The number of aromatic nitrogens is 5. The number of nitrogens with zero attached hydrogens (tertiary/aromatic N) is 5. The normalized spacial score (nSPS) is 10.6. The van der Waals surface area contributed by atoms with Gasteiger partial charge in [-0.05, 0) is 18.7 Å². The molecule has 3 rings (SSSR count). The Morgan fingerprint density at radius 3 is 2.68 bits per heavy atom. The van der Waals surface area contributed by atoms with E-state index < -0.39 is 0 Å². The van der Waals surface area contributed by atoms with Gasteiger partial charge in [-0.15, -0.1) is 10.2 Å². The van der Waals surface area contributed by atoms with E-state index in [1.165, 1.54) is 11.8 Å². The van der Waals surface area contributed by atoms with Crippen LogP contribution in [0, 0.1) is 0 Å². The molecule has 0 aliphatic carbocycles. The summed E-state index contributed by atoms with van der Waals surface area (Å²) in [7, 11) is 1.58. The first-order valence-corrected chi connectivity index (χ1v) is 7.67. The summed E-state index contributed by atoms with van der Waals surface area (Å²) in [6, 6.07) is 11.7. The molecule has 0 aliphatic rings. The standard InChI is InChI=1S/C15H15N5OS/c1-3-20-13(11-7-5-4-6-8-11)18-19-15(20)22-14-16-10-9-12(17-14)21-2/h4-10H,3H2,1-2H3. The van der Waals surface area contributed by atoms with Crippen molar-refractivity contribution in [3.05, 3.63) is 42.6 Å². The Kier molecular flexibility index (Phi) is 4.34. The highest BCUT2D eigenvalue weighted by atomic mass is 32.2. The van der Waals surface area contributed by atoms with E-state index >= 15 is 0 Å². The molecule has 0 saturated carbocycles. The largest absolute Gasteiger partial charge is 0.481 e. The molecular weight excluding hydrogens is 298 g/mol. The molecular formula is C15H15N5OS. The molecule has 0 N–H and O–H groups in total. The summed E-state index contributed by atoms with van der Waals surface area (Å²) in [6.07, 6.45) is 1.67. The van der Waals surface area contributed by atoms with E-state index in [9.17, 15) is 0 Å². The zero-order valence-electron chi connectivity index (χ0n) is 12.3. The molecule has 0 saturated heterocycles. The SMILES string of the molecule is CCn1c(Sc2nccc(OC)n2)nnc1-c1ccccc1. The Balaban J connectivity index is 1.93. The molecule has 22 heavy (non-hydrogen) atoms. The molecule has 0 aliphatic heterocycles. The van der Waals surface area contributed by atoms with E-state index in [-0.39, 0.29) is 0 Å². The summed E-state index contributed by atoms with van der Waals surface area (Å²) in [5, 5.41) is 9.91. The van der Waals surface area contributed by atoms with E-state index in [0.717, 1.165) is 23.1 Å². The highest BCUT2D eigenvalue weighted by Gasteiger charge is 2.15. The van der Waals surface area contributed by atoms with Crippen molar-refractivity contribution in [3.8, 4) is 17.3 Å². The van der Waals surface area contributed by atoms with Gasteiger partial charge in [0.15, 0.2) is 16.1 Å². The summed E-state index contributed by atoms with van der Waals surface area (Å²) in [5.74, 6) is 1.37. The van der Waals surface area contributed by atoms with Gasteiger partial charge in [-0.25, -0.2) is 4.98 Å². The number of benzene rings is 1. The first kappa shape index (κ1) is 14.5. The minimum Gasteiger partial charge on any atom is -0.481 e. The third-order valence-corrected chi connectivity index (χ3v) is 3.93. The van der Waals surface area contributed by atoms with Gasteiger partial charge in [0.05, 0.1) is 7.11 Å². The number of methoxy groups -OCH3 is 1. The van der Waals surface area contributed by atoms with Gasteiger partial charge < -0.3 is 9.30 Å². The molecule has 0 fully saturated rings. The lowest BCUT2D eigenvalue weighted by Crippen LogP contribution is -2.00. The maximum atomic E-state index is 5.12. The fourth-order valence-corrected chi connectivity index (χ4v) is 2.84. The highest BCUT2D eigenvalue weighted by Crippen LogP contribution is 2.27. The van der Waals surface area contributed by atoms with Gasteiger partial charge in [0.1, 0.15) is 0 Å². The van der Waals surface area contributed by atoms with Gasteiger partial charge in [0.2, 0.25) is 5.88 Å². The van der Waals surface area contributed by atoms with Crippen LogP contribution in [0.15, 0.2) is 52.9 Å². The Hall–Kier alpha value is -2.41. The summed E-state index contributed by atoms with van der Waals surface area (Å²) in [5.41, 5.74) is 1.04. The maximum absolute atomic E-state index is 5.12. The van der Waals surface area contributed by atoms with Gasteiger partial charge in [-0.1, -0.05) is 30.3 Å². The molecule has 0 unspecified atom stereocenters. The molecule has 112 valence electrons.